The van der Waals surface area contributed by atoms with Gasteiger partial charge in [0.2, 0.25) is 0 Å². The van der Waals surface area contributed by atoms with Crippen molar-refractivity contribution < 1.29 is 28.6 Å². The Hall–Kier alpha value is -1.59. The number of carbonyl (C=O) groups excluding carboxylic acids is 3. The third kappa shape index (κ3) is 51.8. The van der Waals surface area contributed by atoms with E-state index >= 15 is 0 Å². The highest BCUT2D eigenvalue weighted by molar-refractivity contribution is 5.71. The molecule has 0 saturated heterocycles. The van der Waals surface area contributed by atoms with Crippen molar-refractivity contribution in [2.24, 2.45) is 11.8 Å². The minimum Gasteiger partial charge on any atom is -0.462 e. The van der Waals surface area contributed by atoms with E-state index in [2.05, 4.69) is 34.6 Å². The Kier molecular flexibility index (Phi) is 51.5. The van der Waals surface area contributed by atoms with Crippen molar-refractivity contribution in [2.45, 2.75) is 343 Å². The molecule has 0 saturated carbocycles. The van der Waals surface area contributed by atoms with E-state index in [9.17, 15) is 14.4 Å². The summed E-state index contributed by atoms with van der Waals surface area (Å²) >= 11 is 0. The van der Waals surface area contributed by atoms with Crippen LogP contribution in [-0.2, 0) is 28.6 Å². The fourth-order valence-electron chi connectivity index (χ4n) is 9.20. The van der Waals surface area contributed by atoms with E-state index in [0.717, 1.165) is 76.0 Å². The highest BCUT2D eigenvalue weighted by atomic mass is 16.6. The second-order valence-corrected chi connectivity index (χ2v) is 21.4. The third-order valence-electron chi connectivity index (χ3n) is 14.1. The van der Waals surface area contributed by atoms with Crippen LogP contribution in [0.25, 0.3) is 0 Å². The fraction of sp³-hybridized carbons (Fsp3) is 0.950. The predicted molar refractivity (Wildman–Crippen MR) is 284 cm³/mol. The maximum Gasteiger partial charge on any atom is 0.306 e. The Morgan fingerprint density at radius 2 is 0.576 bits per heavy atom. The Morgan fingerprint density at radius 3 is 0.864 bits per heavy atom. The second kappa shape index (κ2) is 52.8. The summed E-state index contributed by atoms with van der Waals surface area (Å²) in [6.45, 7) is 11.4. The lowest BCUT2D eigenvalue weighted by Crippen LogP contribution is -2.30. The van der Waals surface area contributed by atoms with Crippen LogP contribution in [0.15, 0.2) is 0 Å². The molecule has 0 radical (unpaired) electrons. The molecule has 0 aromatic rings. The maximum absolute atomic E-state index is 12.6. The van der Waals surface area contributed by atoms with E-state index in [4.69, 9.17) is 14.2 Å². The number of unbranched alkanes of at least 4 members (excludes halogenated alkanes) is 38. The lowest BCUT2D eigenvalue weighted by atomic mass is 9.99. The Bertz CT molecular complexity index is 1010. The number of ether oxygens (including phenoxy) is 3. The van der Waals surface area contributed by atoms with Crippen LogP contribution < -0.4 is 0 Å². The zero-order valence-corrected chi connectivity index (χ0v) is 45.3. The van der Waals surface area contributed by atoms with Crippen molar-refractivity contribution >= 4 is 17.9 Å². The van der Waals surface area contributed by atoms with Crippen molar-refractivity contribution in [1.82, 2.24) is 0 Å². The molecule has 0 aliphatic rings. The predicted octanol–water partition coefficient (Wildman–Crippen LogP) is 19.7. The van der Waals surface area contributed by atoms with Crippen LogP contribution in [0.5, 0.6) is 0 Å². The smallest absolute Gasteiger partial charge is 0.306 e. The van der Waals surface area contributed by atoms with Crippen LogP contribution in [0.4, 0.5) is 0 Å². The number of carbonyl (C=O) groups is 3. The minimum atomic E-state index is -0.760. The molecule has 0 aliphatic carbocycles. The zero-order valence-electron chi connectivity index (χ0n) is 45.3. The van der Waals surface area contributed by atoms with Gasteiger partial charge in [-0.15, -0.1) is 0 Å². The average molecular weight is 934 g/mol. The van der Waals surface area contributed by atoms with E-state index in [1.807, 2.05) is 0 Å². The van der Waals surface area contributed by atoms with Gasteiger partial charge in [0.15, 0.2) is 6.10 Å². The van der Waals surface area contributed by atoms with Gasteiger partial charge in [0.25, 0.3) is 0 Å². The number of esters is 3. The van der Waals surface area contributed by atoms with Crippen LogP contribution >= 0.6 is 0 Å². The summed E-state index contributed by atoms with van der Waals surface area (Å²) in [6.07, 6.45) is 57.1. The minimum absolute atomic E-state index is 0.0642. The molecule has 0 spiro atoms. The first-order valence-corrected chi connectivity index (χ1v) is 29.8. The third-order valence-corrected chi connectivity index (χ3v) is 14.1. The Balaban J connectivity index is 3.96. The molecule has 66 heavy (non-hydrogen) atoms. The SMILES string of the molecule is CCCCCCCC(=O)O[C@@H](COC(=O)CCCCCCCCCCCCCCCCCCCCC(C)C)COC(=O)CCCCCCCCCCCCCCCCCCCCC(C)CC. The molecule has 0 heterocycles. The molecule has 0 fully saturated rings. The topological polar surface area (TPSA) is 78.9 Å². The molecule has 1 unspecified atom stereocenters. The summed E-state index contributed by atoms with van der Waals surface area (Å²) in [7, 11) is 0. The van der Waals surface area contributed by atoms with Gasteiger partial charge >= 0.3 is 17.9 Å². The van der Waals surface area contributed by atoms with Gasteiger partial charge < -0.3 is 14.2 Å². The molecule has 6 heteroatoms. The first kappa shape index (κ1) is 64.4. The molecule has 2 atom stereocenters. The van der Waals surface area contributed by atoms with Crippen LogP contribution in [0, 0.1) is 11.8 Å². The highest BCUT2D eigenvalue weighted by Crippen LogP contribution is 2.19. The van der Waals surface area contributed by atoms with Gasteiger partial charge in [0.1, 0.15) is 13.2 Å². The number of rotatable bonds is 54. The average Bonchev–Trinajstić information content (AvgIpc) is 3.30. The van der Waals surface area contributed by atoms with Crippen molar-refractivity contribution in [3.05, 3.63) is 0 Å². The normalized spacial score (nSPS) is 12.5. The van der Waals surface area contributed by atoms with Gasteiger partial charge in [-0.3, -0.25) is 14.4 Å². The monoisotopic (exact) mass is 933 g/mol. The molecule has 0 N–H and O–H groups in total. The van der Waals surface area contributed by atoms with Crippen molar-refractivity contribution in [3.8, 4) is 0 Å². The second-order valence-electron chi connectivity index (χ2n) is 21.4. The molecule has 392 valence electrons. The summed E-state index contributed by atoms with van der Waals surface area (Å²) in [5, 5.41) is 0. The maximum atomic E-state index is 12.6. The Labute approximate surface area is 412 Å². The molecule has 0 aliphatic heterocycles. The van der Waals surface area contributed by atoms with E-state index < -0.39 is 6.10 Å². The van der Waals surface area contributed by atoms with Crippen LogP contribution in [0.1, 0.15) is 336 Å². The van der Waals surface area contributed by atoms with E-state index in [1.54, 1.807) is 0 Å². The van der Waals surface area contributed by atoms with Crippen molar-refractivity contribution in [1.29, 1.82) is 0 Å². The van der Waals surface area contributed by atoms with Gasteiger partial charge in [0, 0.05) is 19.3 Å². The van der Waals surface area contributed by atoms with Crippen LogP contribution in [-0.4, -0.2) is 37.2 Å². The molecule has 0 aromatic carbocycles. The summed E-state index contributed by atoms with van der Waals surface area (Å²) in [5.74, 6) is 0.915. The molecular formula is C60H116O6. The van der Waals surface area contributed by atoms with Crippen LogP contribution in [0.3, 0.4) is 0 Å². The van der Waals surface area contributed by atoms with E-state index in [-0.39, 0.29) is 31.1 Å². The van der Waals surface area contributed by atoms with Gasteiger partial charge in [-0.25, -0.2) is 0 Å². The summed E-state index contributed by atoms with van der Waals surface area (Å²) in [5.41, 5.74) is 0. The first-order chi connectivity index (χ1) is 32.3. The lowest BCUT2D eigenvalue weighted by Gasteiger charge is -2.18. The van der Waals surface area contributed by atoms with Gasteiger partial charge in [0.05, 0.1) is 0 Å². The van der Waals surface area contributed by atoms with Crippen molar-refractivity contribution in [2.75, 3.05) is 13.2 Å². The standard InChI is InChI=1S/C60H116O6/c1-6-8-9-38-47-52-60(63)66-57(53-64-58(61)50-45-41-36-32-28-24-20-16-12-10-14-18-22-26-30-34-39-43-48-55(3)4)54-65-59(62)51-46-42-37-33-29-25-21-17-13-11-15-19-23-27-31-35-40-44-49-56(5)7-2/h55-57H,6-54H2,1-5H3/t56?,57-/m0/s1. The summed E-state index contributed by atoms with van der Waals surface area (Å²) < 4.78 is 16.8. The molecular weight excluding hydrogens is 817 g/mol. The summed E-state index contributed by atoms with van der Waals surface area (Å²) in [6, 6.07) is 0. The lowest BCUT2D eigenvalue weighted by molar-refractivity contribution is -0.167. The van der Waals surface area contributed by atoms with E-state index in [1.165, 1.54) is 218 Å². The Morgan fingerprint density at radius 1 is 0.318 bits per heavy atom. The largest absolute Gasteiger partial charge is 0.462 e. The number of hydrogen-bond donors (Lipinski definition) is 0. The highest BCUT2D eigenvalue weighted by Gasteiger charge is 2.19. The van der Waals surface area contributed by atoms with Crippen molar-refractivity contribution in [3.63, 3.8) is 0 Å². The molecule has 0 bridgehead atoms. The molecule has 0 aromatic heterocycles. The summed E-state index contributed by atoms with van der Waals surface area (Å²) in [4.78, 5) is 37.8. The fourth-order valence-corrected chi connectivity index (χ4v) is 9.20. The van der Waals surface area contributed by atoms with Gasteiger partial charge in [-0.05, 0) is 31.1 Å². The zero-order chi connectivity index (χ0) is 48.2. The number of hydrogen-bond acceptors (Lipinski definition) is 6. The first-order valence-electron chi connectivity index (χ1n) is 29.8. The molecule has 0 rings (SSSR count). The molecule has 0 amide bonds. The van der Waals surface area contributed by atoms with Gasteiger partial charge in [-0.1, -0.05) is 298 Å². The molecule has 6 nitrogen and oxygen atoms in total. The quantitative estimate of drug-likeness (QED) is 0.0343. The van der Waals surface area contributed by atoms with Crippen LogP contribution in [0.2, 0.25) is 0 Å². The van der Waals surface area contributed by atoms with E-state index in [0.29, 0.717) is 19.3 Å². The van der Waals surface area contributed by atoms with Gasteiger partial charge in [-0.2, -0.15) is 0 Å².